The first-order chi connectivity index (χ1) is 13.0. The van der Waals surface area contributed by atoms with Gasteiger partial charge in [0.1, 0.15) is 11.9 Å². The van der Waals surface area contributed by atoms with Crippen molar-refractivity contribution in [3.63, 3.8) is 0 Å². The van der Waals surface area contributed by atoms with Crippen molar-refractivity contribution >= 4 is 23.2 Å². The van der Waals surface area contributed by atoms with Crippen molar-refractivity contribution < 1.29 is 14.0 Å². The molecular weight excluding hydrogens is 345 g/mol. The van der Waals surface area contributed by atoms with E-state index in [1.165, 1.54) is 19.1 Å². The zero-order chi connectivity index (χ0) is 19.0. The zero-order valence-corrected chi connectivity index (χ0v) is 15.3. The van der Waals surface area contributed by atoms with Gasteiger partial charge in [0.2, 0.25) is 11.8 Å². The van der Waals surface area contributed by atoms with E-state index in [2.05, 4.69) is 4.90 Å². The first kappa shape index (κ1) is 17.5. The monoisotopic (exact) mass is 367 g/mol. The molecule has 27 heavy (non-hydrogen) atoms. The molecule has 5 nitrogen and oxygen atoms in total. The number of halogens is 1. The number of para-hydroxylation sites is 1. The molecule has 2 heterocycles. The van der Waals surface area contributed by atoms with Crippen molar-refractivity contribution in [1.82, 2.24) is 4.90 Å². The van der Waals surface area contributed by atoms with Gasteiger partial charge in [-0.25, -0.2) is 4.39 Å². The highest BCUT2D eigenvalue weighted by Crippen LogP contribution is 2.33. The SMILES string of the molecule is CC(=O)N1c2ccccc2C[C@@H]1C(=O)N1CCN(c2ccc(F)cc2)CC1. The summed E-state index contributed by atoms with van der Waals surface area (Å²) in [7, 11) is 0. The predicted octanol–water partition coefficient (Wildman–Crippen LogP) is 2.45. The molecule has 0 aliphatic carbocycles. The van der Waals surface area contributed by atoms with Crippen molar-refractivity contribution in [2.45, 2.75) is 19.4 Å². The molecule has 1 saturated heterocycles. The van der Waals surface area contributed by atoms with E-state index in [4.69, 9.17) is 0 Å². The standard InChI is InChI=1S/C21H22FN3O2/c1-15(26)25-19-5-3-2-4-16(19)14-20(25)21(27)24-12-10-23(11-13-24)18-8-6-17(22)7-9-18/h2-9,20H,10-14H2,1H3/t20-/m1/s1. The minimum atomic E-state index is -0.461. The van der Waals surface area contributed by atoms with Gasteiger partial charge in [-0.1, -0.05) is 18.2 Å². The van der Waals surface area contributed by atoms with Gasteiger partial charge in [-0.15, -0.1) is 0 Å². The van der Waals surface area contributed by atoms with Gasteiger partial charge < -0.3 is 9.80 Å². The third-order valence-corrected chi connectivity index (χ3v) is 5.38. The highest BCUT2D eigenvalue weighted by atomic mass is 19.1. The van der Waals surface area contributed by atoms with Gasteiger partial charge in [0.05, 0.1) is 0 Å². The molecule has 0 spiro atoms. The average Bonchev–Trinajstić information content (AvgIpc) is 3.08. The zero-order valence-electron chi connectivity index (χ0n) is 15.3. The van der Waals surface area contributed by atoms with E-state index in [0.29, 0.717) is 32.6 Å². The molecule has 140 valence electrons. The predicted molar refractivity (Wildman–Crippen MR) is 102 cm³/mol. The third kappa shape index (κ3) is 3.27. The highest BCUT2D eigenvalue weighted by molar-refractivity contribution is 6.02. The van der Waals surface area contributed by atoms with Crippen LogP contribution in [0.4, 0.5) is 15.8 Å². The van der Waals surface area contributed by atoms with Crippen LogP contribution in [0, 0.1) is 5.82 Å². The Morgan fingerprint density at radius 1 is 0.963 bits per heavy atom. The average molecular weight is 367 g/mol. The molecule has 0 saturated carbocycles. The van der Waals surface area contributed by atoms with E-state index in [0.717, 1.165) is 16.9 Å². The van der Waals surface area contributed by atoms with Gasteiger partial charge in [-0.2, -0.15) is 0 Å². The molecule has 2 amide bonds. The molecule has 2 aliphatic heterocycles. The summed E-state index contributed by atoms with van der Waals surface area (Å²) in [5, 5.41) is 0. The topological polar surface area (TPSA) is 43.9 Å². The molecule has 0 unspecified atom stereocenters. The molecule has 0 N–H and O–H groups in total. The van der Waals surface area contributed by atoms with Gasteiger partial charge in [-0.05, 0) is 35.9 Å². The maximum Gasteiger partial charge on any atom is 0.246 e. The normalized spacial score (nSPS) is 19.2. The Morgan fingerprint density at radius 2 is 1.63 bits per heavy atom. The maximum atomic E-state index is 13.1. The van der Waals surface area contributed by atoms with Crippen molar-refractivity contribution in [2.75, 3.05) is 36.0 Å². The molecule has 2 aliphatic rings. The Kier molecular flexibility index (Phi) is 4.56. The van der Waals surface area contributed by atoms with Crippen LogP contribution in [0.25, 0.3) is 0 Å². The van der Waals surface area contributed by atoms with Crippen molar-refractivity contribution in [2.24, 2.45) is 0 Å². The number of rotatable bonds is 2. The number of nitrogens with zero attached hydrogens (tertiary/aromatic N) is 3. The van der Waals surface area contributed by atoms with Gasteiger partial charge in [0, 0.05) is 50.9 Å². The summed E-state index contributed by atoms with van der Waals surface area (Å²) in [5.41, 5.74) is 2.84. The fraction of sp³-hybridized carbons (Fsp3) is 0.333. The number of hydrogen-bond acceptors (Lipinski definition) is 3. The maximum absolute atomic E-state index is 13.1. The Bertz CT molecular complexity index is 860. The second-order valence-electron chi connectivity index (χ2n) is 7.03. The van der Waals surface area contributed by atoms with Crippen molar-refractivity contribution in [1.29, 1.82) is 0 Å². The summed E-state index contributed by atoms with van der Waals surface area (Å²) in [6, 6.07) is 13.7. The van der Waals surface area contributed by atoms with Crippen molar-refractivity contribution in [3.8, 4) is 0 Å². The van der Waals surface area contributed by atoms with E-state index >= 15 is 0 Å². The van der Waals surface area contributed by atoms with Crippen LogP contribution in [0.15, 0.2) is 48.5 Å². The van der Waals surface area contributed by atoms with Crippen LogP contribution in [-0.2, 0) is 16.0 Å². The summed E-state index contributed by atoms with van der Waals surface area (Å²) < 4.78 is 13.1. The number of benzene rings is 2. The van der Waals surface area contributed by atoms with Crippen LogP contribution in [-0.4, -0.2) is 48.9 Å². The molecule has 0 bridgehead atoms. The smallest absolute Gasteiger partial charge is 0.246 e. The molecule has 6 heteroatoms. The van der Waals surface area contributed by atoms with E-state index in [1.807, 2.05) is 29.2 Å². The highest BCUT2D eigenvalue weighted by Gasteiger charge is 2.39. The van der Waals surface area contributed by atoms with Crippen LogP contribution >= 0.6 is 0 Å². The molecule has 2 aromatic rings. The Balaban J connectivity index is 1.45. The summed E-state index contributed by atoms with van der Waals surface area (Å²) in [6.07, 6.45) is 0.562. The second-order valence-corrected chi connectivity index (χ2v) is 7.03. The Labute approximate surface area is 158 Å². The van der Waals surface area contributed by atoms with E-state index in [-0.39, 0.29) is 17.6 Å². The molecule has 1 fully saturated rings. The number of piperazine rings is 1. The fourth-order valence-electron chi connectivity index (χ4n) is 4.02. The number of anilines is 2. The number of carbonyl (C=O) groups is 2. The van der Waals surface area contributed by atoms with Crippen molar-refractivity contribution in [3.05, 3.63) is 59.9 Å². The van der Waals surface area contributed by atoms with E-state index in [1.54, 1.807) is 17.0 Å². The summed E-state index contributed by atoms with van der Waals surface area (Å²) in [6.45, 7) is 4.08. The van der Waals surface area contributed by atoms with Crippen LogP contribution in [0.2, 0.25) is 0 Å². The number of amides is 2. The largest absolute Gasteiger partial charge is 0.368 e. The van der Waals surface area contributed by atoms with Crippen LogP contribution in [0.1, 0.15) is 12.5 Å². The van der Waals surface area contributed by atoms with Gasteiger partial charge in [0.25, 0.3) is 0 Å². The van der Waals surface area contributed by atoms with Crippen LogP contribution in [0.5, 0.6) is 0 Å². The quantitative estimate of drug-likeness (QED) is 0.819. The minimum absolute atomic E-state index is 0.000145. The lowest BCUT2D eigenvalue weighted by Gasteiger charge is -2.38. The summed E-state index contributed by atoms with van der Waals surface area (Å²) in [4.78, 5) is 30.9. The molecule has 2 aromatic carbocycles. The third-order valence-electron chi connectivity index (χ3n) is 5.38. The van der Waals surface area contributed by atoms with Gasteiger partial charge in [-0.3, -0.25) is 14.5 Å². The first-order valence-electron chi connectivity index (χ1n) is 9.21. The Hall–Kier alpha value is -2.89. The van der Waals surface area contributed by atoms with Crippen LogP contribution in [0.3, 0.4) is 0 Å². The molecule has 1 atom stereocenters. The molecule has 4 rings (SSSR count). The second kappa shape index (κ2) is 7.02. The molecule has 0 radical (unpaired) electrons. The molecule has 0 aromatic heterocycles. The lowest BCUT2D eigenvalue weighted by atomic mass is 10.1. The Morgan fingerprint density at radius 3 is 2.30 bits per heavy atom. The lowest BCUT2D eigenvalue weighted by Crippen LogP contribution is -2.55. The van der Waals surface area contributed by atoms with E-state index < -0.39 is 6.04 Å². The summed E-state index contributed by atoms with van der Waals surface area (Å²) in [5.74, 6) is -0.360. The van der Waals surface area contributed by atoms with Gasteiger partial charge in [0.15, 0.2) is 0 Å². The first-order valence-corrected chi connectivity index (χ1v) is 9.21. The fourth-order valence-corrected chi connectivity index (χ4v) is 4.02. The number of hydrogen-bond donors (Lipinski definition) is 0. The number of carbonyl (C=O) groups excluding carboxylic acids is 2. The number of fused-ring (bicyclic) bond motifs is 1. The summed E-state index contributed by atoms with van der Waals surface area (Å²) >= 11 is 0. The van der Waals surface area contributed by atoms with Crippen LogP contribution < -0.4 is 9.80 Å². The minimum Gasteiger partial charge on any atom is -0.368 e. The lowest BCUT2D eigenvalue weighted by molar-refractivity contribution is -0.134. The molecular formula is C21H22FN3O2. The van der Waals surface area contributed by atoms with Gasteiger partial charge >= 0.3 is 0 Å². The van der Waals surface area contributed by atoms with E-state index in [9.17, 15) is 14.0 Å².